The summed E-state index contributed by atoms with van der Waals surface area (Å²) in [4.78, 5) is 0. The van der Waals surface area contributed by atoms with Gasteiger partial charge in [0.05, 0.1) is 0 Å². The largest absolute Gasteiger partial charge is 0 e. The van der Waals surface area contributed by atoms with E-state index in [4.69, 9.17) is 41.9 Å². The first-order valence-electron chi connectivity index (χ1n) is 1.84. The van der Waals surface area contributed by atoms with Crippen molar-refractivity contribution in [3.8, 4) is 0 Å². The Balaban J connectivity index is -0.00000000500. The normalized spacial score (nSPS) is 0.900. The Bertz CT molecular complexity index is 156. The molecular formula is C9Fe2O9. The van der Waals surface area contributed by atoms with Crippen molar-refractivity contribution in [2.75, 3.05) is 0 Å². The van der Waals surface area contributed by atoms with Crippen molar-refractivity contribution in [1.82, 2.24) is 0 Å². The fourth-order valence-corrected chi connectivity index (χ4v) is 0. The Labute approximate surface area is 136 Å². The van der Waals surface area contributed by atoms with Gasteiger partial charge in [0.15, 0.2) is 0 Å². The van der Waals surface area contributed by atoms with Crippen molar-refractivity contribution in [2.24, 2.45) is 0 Å². The molecule has 0 saturated heterocycles. The minimum atomic E-state index is 0. The molecule has 0 amide bonds. The van der Waals surface area contributed by atoms with Crippen LogP contribution in [0.4, 0.5) is 0 Å². The molecule has 0 N–H and O–H groups in total. The molecule has 0 aromatic heterocycles. The summed E-state index contributed by atoms with van der Waals surface area (Å²) in [6.07, 6.45) is 0. The van der Waals surface area contributed by atoms with Gasteiger partial charge in [0.25, 0.3) is 0 Å². The van der Waals surface area contributed by atoms with Gasteiger partial charge in [-0.2, -0.15) is 0 Å². The van der Waals surface area contributed by atoms with E-state index >= 15 is 0 Å². The molecule has 11 heteroatoms. The van der Waals surface area contributed by atoms with Crippen LogP contribution >= 0.6 is 0 Å². The molecule has 0 aliphatic carbocycles. The van der Waals surface area contributed by atoms with Crippen molar-refractivity contribution in [3.63, 3.8) is 0 Å². The van der Waals surface area contributed by atoms with Gasteiger partial charge in [0, 0.05) is 34.1 Å². The van der Waals surface area contributed by atoms with Gasteiger partial charge >= 0.3 is 102 Å². The van der Waals surface area contributed by atoms with Crippen molar-refractivity contribution in [1.29, 1.82) is 0 Å². The molecule has 0 unspecified atom stereocenters. The standard InChI is InChI=1S/9CO.2Fe/c9*1-2;;. The predicted molar refractivity (Wildman–Crippen MR) is 35.4 cm³/mol. The number of rotatable bonds is 0. The van der Waals surface area contributed by atoms with Crippen molar-refractivity contribution >= 4 is 0 Å². The molecule has 20 heavy (non-hydrogen) atoms. The maximum absolute atomic E-state index is 7.50. The Hall–Kier alpha value is -1.30. The van der Waals surface area contributed by atoms with Crippen LogP contribution in [-0.2, 0) is 76.0 Å². The molecule has 0 aliphatic heterocycles. The zero-order valence-corrected chi connectivity index (χ0v) is 11.1. The zero-order chi connectivity index (χ0) is 18.0. The third-order valence-electron chi connectivity index (χ3n) is 0. The first kappa shape index (κ1) is 98.8. The van der Waals surface area contributed by atoms with E-state index in [2.05, 4.69) is 59.9 Å². The predicted octanol–water partition coefficient (Wildman–Crippen LogP) is -0.343. The molecule has 106 valence electrons. The zero-order valence-electron chi connectivity index (χ0n) is 8.88. The third kappa shape index (κ3) is 2430. The monoisotopic (exact) mass is 364 g/mol. The topological polar surface area (TPSA) is 179 Å². The van der Waals surface area contributed by atoms with Gasteiger partial charge < -0.3 is 0 Å². The van der Waals surface area contributed by atoms with Crippen molar-refractivity contribution in [2.45, 2.75) is 0 Å². The summed E-state index contributed by atoms with van der Waals surface area (Å²) >= 11 is 0. The average molecular weight is 364 g/mol. The van der Waals surface area contributed by atoms with Crippen molar-refractivity contribution in [3.05, 3.63) is 59.9 Å². The van der Waals surface area contributed by atoms with Crippen molar-refractivity contribution < 1.29 is 76.0 Å². The van der Waals surface area contributed by atoms with Gasteiger partial charge in [-0.1, -0.05) is 0 Å². The summed E-state index contributed by atoms with van der Waals surface area (Å²) in [6, 6.07) is 0. The van der Waals surface area contributed by atoms with Crippen LogP contribution in [0, 0.1) is 59.9 Å². The molecule has 0 aromatic carbocycles. The van der Waals surface area contributed by atoms with E-state index in [-0.39, 0.29) is 34.1 Å². The summed E-state index contributed by atoms with van der Waals surface area (Å²) in [7, 11) is 0. The van der Waals surface area contributed by atoms with Crippen LogP contribution in [0.5, 0.6) is 0 Å². The van der Waals surface area contributed by atoms with E-state index in [0.29, 0.717) is 0 Å². The van der Waals surface area contributed by atoms with Crippen LogP contribution in [0.2, 0.25) is 0 Å². The van der Waals surface area contributed by atoms with Gasteiger partial charge in [-0.05, 0) is 0 Å². The first-order valence-corrected chi connectivity index (χ1v) is 1.84. The minimum absolute atomic E-state index is 0. The average Bonchev–Trinajstić information content (AvgIpc) is 2.63. The van der Waals surface area contributed by atoms with Crippen LogP contribution in [0.1, 0.15) is 0 Å². The molecule has 0 atom stereocenters. The molecule has 0 radical (unpaired) electrons. The van der Waals surface area contributed by atoms with Gasteiger partial charge in [0.2, 0.25) is 0 Å². The fraction of sp³-hybridized carbons (Fsp3) is 0. The second-order valence-electron chi connectivity index (χ2n) is 0. The van der Waals surface area contributed by atoms with Gasteiger partial charge in [-0.3, -0.25) is 0 Å². The second kappa shape index (κ2) is 2920. The smallest absolute Gasteiger partial charge is 0 e. The Morgan fingerprint density at radius 2 is 0.200 bits per heavy atom. The molecule has 0 bridgehead atoms. The SMILES string of the molecule is [C-]#[O+].[C-]#[O+].[C-]#[O+].[C-]#[O+].[C-]#[O+].[C-]#[O+].[C-]#[O+].[C-]#[O+].[C-]#[O+].[Fe].[Fe]. The summed E-state index contributed by atoms with van der Waals surface area (Å²) < 4.78 is 67.5. The van der Waals surface area contributed by atoms with Crippen LogP contribution in [0.3, 0.4) is 0 Å². The van der Waals surface area contributed by atoms with E-state index in [0.717, 1.165) is 0 Å². The Morgan fingerprint density at radius 1 is 0.200 bits per heavy atom. The molecule has 0 heterocycles. The molecule has 9 nitrogen and oxygen atoms in total. The van der Waals surface area contributed by atoms with E-state index in [9.17, 15) is 0 Å². The van der Waals surface area contributed by atoms with Gasteiger partial charge in [0.1, 0.15) is 0 Å². The minimum Gasteiger partial charge on any atom is 0 e. The van der Waals surface area contributed by atoms with E-state index in [1.807, 2.05) is 0 Å². The Kier molecular flexibility index (Phi) is 14400. The summed E-state index contributed by atoms with van der Waals surface area (Å²) in [5, 5.41) is 0. The summed E-state index contributed by atoms with van der Waals surface area (Å²) in [6.45, 7) is 40.5. The Morgan fingerprint density at radius 3 is 0.200 bits per heavy atom. The second-order valence-corrected chi connectivity index (χ2v) is 0. The fourth-order valence-electron chi connectivity index (χ4n) is 0. The van der Waals surface area contributed by atoms with Gasteiger partial charge in [-0.25, -0.2) is 0 Å². The molecule has 0 rings (SSSR count). The van der Waals surface area contributed by atoms with E-state index < -0.39 is 0 Å². The van der Waals surface area contributed by atoms with E-state index in [1.165, 1.54) is 0 Å². The molecular weight excluding hydrogens is 364 g/mol. The van der Waals surface area contributed by atoms with Crippen LogP contribution in [-0.4, -0.2) is 0 Å². The first-order chi connectivity index (χ1) is 9.00. The maximum Gasteiger partial charge on any atom is 0 e. The van der Waals surface area contributed by atoms with Crippen LogP contribution < -0.4 is 0 Å². The molecule has 0 aliphatic rings. The molecule has 0 fully saturated rings. The number of hydrogen-bond donors (Lipinski definition) is 0. The summed E-state index contributed by atoms with van der Waals surface area (Å²) in [5.74, 6) is 0. The molecule has 0 saturated carbocycles. The quantitative estimate of drug-likeness (QED) is 0.310. The summed E-state index contributed by atoms with van der Waals surface area (Å²) in [5.41, 5.74) is 0. The maximum atomic E-state index is 7.50. The van der Waals surface area contributed by atoms with Gasteiger partial charge in [-0.15, -0.1) is 0 Å². The van der Waals surface area contributed by atoms with Crippen LogP contribution in [0.25, 0.3) is 0 Å². The molecule has 0 aromatic rings. The van der Waals surface area contributed by atoms with Crippen LogP contribution in [0.15, 0.2) is 0 Å². The van der Waals surface area contributed by atoms with E-state index in [1.54, 1.807) is 0 Å². The third-order valence-corrected chi connectivity index (χ3v) is 0. The molecule has 0 spiro atoms. The number of hydrogen-bond acceptors (Lipinski definition) is 0.